The summed E-state index contributed by atoms with van der Waals surface area (Å²) in [6.45, 7) is 4.37. The molecule has 0 unspecified atom stereocenters. The molecule has 0 aliphatic heterocycles. The maximum atomic E-state index is 13.5. The molecule has 0 aliphatic rings. The van der Waals surface area contributed by atoms with Crippen molar-refractivity contribution in [3.63, 3.8) is 0 Å². The van der Waals surface area contributed by atoms with E-state index < -0.39 is 11.9 Å². The van der Waals surface area contributed by atoms with Crippen LogP contribution in [0.2, 0.25) is 10.0 Å². The zero-order valence-corrected chi connectivity index (χ0v) is 34.0. The number of hydrogen-bond donors (Lipinski definition) is 0. The van der Waals surface area contributed by atoms with Crippen LogP contribution in [-0.4, -0.2) is 86.7 Å². The largest absolute Gasteiger partial charge is 0.497 e. The van der Waals surface area contributed by atoms with Gasteiger partial charge in [0, 0.05) is 43.3 Å². The van der Waals surface area contributed by atoms with Crippen LogP contribution in [0, 0.1) is 13.8 Å². The molecule has 58 heavy (non-hydrogen) atoms. The zero-order chi connectivity index (χ0) is 41.3. The fourth-order valence-electron chi connectivity index (χ4n) is 6.73. The molecule has 14 heteroatoms. The van der Waals surface area contributed by atoms with Gasteiger partial charge in [0.05, 0.1) is 64.5 Å². The van der Waals surface area contributed by atoms with E-state index >= 15 is 0 Å². The SMILES string of the molecule is COc1ccc2c(c1)c(CC(=O)OCCOCCOCCOC(=O)Cc1c(C)n(C(=O)c3ccc(Cl)cc3)c3ccc(OC)cc13)c(C)n2C(=O)c1ccc(Cl)cc1. The number of aromatic nitrogens is 2. The summed E-state index contributed by atoms with van der Waals surface area (Å²) in [6.07, 6.45) is -0.120. The fourth-order valence-corrected chi connectivity index (χ4v) is 6.99. The van der Waals surface area contributed by atoms with Gasteiger partial charge in [0.25, 0.3) is 11.8 Å². The molecule has 0 aliphatic carbocycles. The lowest BCUT2D eigenvalue weighted by Crippen LogP contribution is -2.17. The highest BCUT2D eigenvalue weighted by molar-refractivity contribution is 6.31. The topological polar surface area (TPSA) is 134 Å². The fraction of sp³-hybridized carbons (Fsp3) is 0.273. The molecule has 0 saturated carbocycles. The van der Waals surface area contributed by atoms with Gasteiger partial charge in [-0.05, 0) is 110 Å². The van der Waals surface area contributed by atoms with Crippen molar-refractivity contribution in [2.75, 3.05) is 53.9 Å². The predicted octanol–water partition coefficient (Wildman–Crippen LogP) is 7.82. The van der Waals surface area contributed by atoms with E-state index in [2.05, 4.69) is 0 Å². The van der Waals surface area contributed by atoms with E-state index in [1.807, 2.05) is 0 Å². The minimum absolute atomic E-state index is 0.0220. The summed E-state index contributed by atoms with van der Waals surface area (Å²) in [5, 5.41) is 2.46. The third-order valence-electron chi connectivity index (χ3n) is 9.67. The van der Waals surface area contributed by atoms with Crippen LogP contribution < -0.4 is 9.47 Å². The van der Waals surface area contributed by atoms with Crippen molar-refractivity contribution in [1.82, 2.24) is 9.13 Å². The first kappa shape index (κ1) is 42.0. The summed E-state index contributed by atoms with van der Waals surface area (Å²) < 4.78 is 36.0. The molecule has 2 heterocycles. The van der Waals surface area contributed by atoms with Crippen molar-refractivity contribution in [2.24, 2.45) is 0 Å². The summed E-state index contributed by atoms with van der Waals surface area (Å²) in [6, 6.07) is 24.0. The lowest BCUT2D eigenvalue weighted by molar-refractivity contribution is -0.146. The average Bonchev–Trinajstić information content (AvgIpc) is 3.65. The highest BCUT2D eigenvalue weighted by atomic mass is 35.5. The summed E-state index contributed by atoms with van der Waals surface area (Å²) in [5.74, 6) is -0.269. The Morgan fingerprint density at radius 3 is 1.24 bits per heavy atom. The molecule has 0 amide bonds. The number of benzene rings is 4. The highest BCUT2D eigenvalue weighted by Gasteiger charge is 2.24. The molecule has 6 aromatic rings. The Morgan fingerprint density at radius 2 is 0.879 bits per heavy atom. The van der Waals surface area contributed by atoms with E-state index in [4.69, 9.17) is 51.6 Å². The van der Waals surface area contributed by atoms with Gasteiger partial charge in [-0.1, -0.05) is 23.2 Å². The average molecular weight is 830 g/mol. The number of esters is 2. The van der Waals surface area contributed by atoms with Crippen molar-refractivity contribution >= 4 is 68.8 Å². The minimum Gasteiger partial charge on any atom is -0.497 e. The molecule has 6 rings (SSSR count). The number of rotatable bonds is 17. The number of carbonyl (C=O) groups excluding carboxylic acids is 4. The van der Waals surface area contributed by atoms with Gasteiger partial charge in [-0.15, -0.1) is 0 Å². The molecule has 0 spiro atoms. The van der Waals surface area contributed by atoms with Crippen LogP contribution in [0.4, 0.5) is 0 Å². The van der Waals surface area contributed by atoms with Gasteiger partial charge in [-0.2, -0.15) is 0 Å². The van der Waals surface area contributed by atoms with E-state index in [1.54, 1.807) is 122 Å². The lowest BCUT2D eigenvalue weighted by atomic mass is 10.1. The molecule has 0 atom stereocenters. The van der Waals surface area contributed by atoms with Gasteiger partial charge >= 0.3 is 11.9 Å². The first-order valence-electron chi connectivity index (χ1n) is 18.4. The van der Waals surface area contributed by atoms with Gasteiger partial charge in [-0.3, -0.25) is 28.3 Å². The minimum atomic E-state index is -0.474. The van der Waals surface area contributed by atoms with E-state index in [1.165, 1.54) is 0 Å². The van der Waals surface area contributed by atoms with E-state index in [-0.39, 0.29) is 64.3 Å². The highest BCUT2D eigenvalue weighted by Crippen LogP contribution is 2.32. The second kappa shape index (κ2) is 19.2. The van der Waals surface area contributed by atoms with Crippen molar-refractivity contribution in [3.05, 3.63) is 129 Å². The quantitative estimate of drug-likeness (QED) is 0.0662. The third kappa shape index (κ3) is 9.54. The van der Waals surface area contributed by atoms with E-state index in [9.17, 15) is 19.2 Å². The summed E-state index contributed by atoms with van der Waals surface area (Å²) in [5.41, 5.74) is 4.73. The van der Waals surface area contributed by atoms with Crippen LogP contribution in [0.5, 0.6) is 11.5 Å². The van der Waals surface area contributed by atoms with Gasteiger partial charge in [0.2, 0.25) is 0 Å². The van der Waals surface area contributed by atoms with Crippen LogP contribution in [0.3, 0.4) is 0 Å². The first-order valence-corrected chi connectivity index (χ1v) is 19.2. The van der Waals surface area contributed by atoms with Crippen LogP contribution in [0.1, 0.15) is 43.2 Å². The first-order chi connectivity index (χ1) is 28.0. The third-order valence-corrected chi connectivity index (χ3v) is 10.2. The monoisotopic (exact) mass is 828 g/mol. The van der Waals surface area contributed by atoms with Crippen molar-refractivity contribution in [2.45, 2.75) is 26.7 Å². The predicted molar refractivity (Wildman–Crippen MR) is 220 cm³/mol. The van der Waals surface area contributed by atoms with Crippen molar-refractivity contribution < 1.29 is 47.6 Å². The smallest absolute Gasteiger partial charge is 0.310 e. The Labute approximate surface area is 345 Å². The maximum absolute atomic E-state index is 13.5. The van der Waals surface area contributed by atoms with E-state index in [0.29, 0.717) is 77.0 Å². The molecule has 0 fully saturated rings. The van der Waals surface area contributed by atoms with E-state index in [0.717, 1.165) is 0 Å². The molecule has 2 aromatic heterocycles. The van der Waals surface area contributed by atoms with Crippen molar-refractivity contribution in [3.8, 4) is 11.5 Å². The Kier molecular flexibility index (Phi) is 13.9. The van der Waals surface area contributed by atoms with Crippen LogP contribution in [-0.2, 0) is 41.4 Å². The van der Waals surface area contributed by atoms with Crippen LogP contribution >= 0.6 is 23.2 Å². The maximum Gasteiger partial charge on any atom is 0.310 e. The molecule has 12 nitrogen and oxygen atoms in total. The molecular weight excluding hydrogens is 787 g/mol. The Bertz CT molecular complexity index is 2280. The molecular formula is C44H42Cl2N2O10. The normalized spacial score (nSPS) is 11.2. The number of carbonyl (C=O) groups is 4. The molecule has 0 bridgehead atoms. The molecule has 0 saturated heterocycles. The Balaban J connectivity index is 0.938. The second-order valence-corrected chi connectivity index (χ2v) is 14.1. The Morgan fingerprint density at radius 1 is 0.517 bits per heavy atom. The number of ether oxygens (including phenoxy) is 6. The number of fused-ring (bicyclic) bond motifs is 2. The standard InChI is InChI=1S/C44H42Cl2N2O10/c1-27-35(37-23-33(53-3)13-15-39(37)47(27)43(51)29-5-9-31(45)10-6-29)25-41(49)57-21-19-55-17-18-56-20-22-58-42(50)26-36-28(2)48(40-16-14-34(54-4)24-38(36)40)44(52)30-7-11-32(46)12-8-30/h5-16,23-24H,17-22,25-26H2,1-4H3. The van der Waals surface area contributed by atoms with Crippen molar-refractivity contribution in [1.29, 1.82) is 0 Å². The lowest BCUT2D eigenvalue weighted by Gasteiger charge is -2.09. The number of hydrogen-bond acceptors (Lipinski definition) is 10. The summed E-state index contributed by atoms with van der Waals surface area (Å²) in [4.78, 5) is 52.9. The van der Waals surface area contributed by atoms with Gasteiger partial charge in [0.15, 0.2) is 0 Å². The second-order valence-electron chi connectivity index (χ2n) is 13.2. The van der Waals surface area contributed by atoms with Crippen LogP contribution in [0.25, 0.3) is 21.8 Å². The molecule has 4 aromatic carbocycles. The number of nitrogens with zero attached hydrogens (tertiary/aromatic N) is 2. The molecule has 0 radical (unpaired) electrons. The number of methoxy groups -OCH3 is 2. The van der Waals surface area contributed by atoms with Gasteiger partial charge < -0.3 is 28.4 Å². The summed E-state index contributed by atoms with van der Waals surface area (Å²) >= 11 is 12.1. The van der Waals surface area contributed by atoms with Crippen LogP contribution in [0.15, 0.2) is 84.9 Å². The van der Waals surface area contributed by atoms with Gasteiger partial charge in [0.1, 0.15) is 24.7 Å². The molecule has 0 N–H and O–H groups in total. The Hall–Kier alpha value is -5.66. The van der Waals surface area contributed by atoms with Gasteiger partial charge in [-0.25, -0.2) is 0 Å². The summed E-state index contributed by atoms with van der Waals surface area (Å²) in [7, 11) is 3.10. The molecule has 302 valence electrons. The zero-order valence-electron chi connectivity index (χ0n) is 32.5. The number of halogens is 2.